The van der Waals surface area contributed by atoms with E-state index in [9.17, 15) is 0 Å². The molecule has 1 aromatic carbocycles. The van der Waals surface area contributed by atoms with Crippen LogP contribution in [0.4, 0.5) is 11.4 Å². The van der Waals surface area contributed by atoms with Gasteiger partial charge in [-0.25, -0.2) is 0 Å². The van der Waals surface area contributed by atoms with Crippen molar-refractivity contribution in [2.75, 3.05) is 36.9 Å². The van der Waals surface area contributed by atoms with E-state index in [-0.39, 0.29) is 12.7 Å². The van der Waals surface area contributed by atoms with E-state index < -0.39 is 0 Å². The molecule has 0 saturated carbocycles. The summed E-state index contributed by atoms with van der Waals surface area (Å²) in [5.41, 5.74) is 7.71. The third kappa shape index (κ3) is 2.48. The van der Waals surface area contributed by atoms with E-state index in [1.165, 1.54) is 0 Å². The number of aliphatic hydroxyl groups excluding tert-OH is 1. The minimum Gasteiger partial charge on any atom is -0.397 e. The maximum Gasteiger partial charge on any atom is 0.0980 e. The number of benzene rings is 1. The van der Waals surface area contributed by atoms with Crippen LogP contribution in [-0.2, 0) is 4.74 Å². The molecule has 0 bridgehead atoms. The molecule has 0 aromatic heterocycles. The lowest BCUT2D eigenvalue weighted by Gasteiger charge is -2.34. The summed E-state index contributed by atoms with van der Waals surface area (Å²) in [5.74, 6) is 0. The van der Waals surface area contributed by atoms with E-state index in [1.54, 1.807) is 0 Å². The van der Waals surface area contributed by atoms with Gasteiger partial charge >= 0.3 is 0 Å². The molecular weight excluding hydrogens is 272 g/mol. The zero-order valence-electron chi connectivity index (χ0n) is 8.90. The summed E-state index contributed by atoms with van der Waals surface area (Å²) >= 11 is 3.38. The smallest absolute Gasteiger partial charge is 0.0980 e. The third-order valence-corrected chi connectivity index (χ3v) is 3.17. The van der Waals surface area contributed by atoms with Crippen molar-refractivity contribution in [3.8, 4) is 0 Å². The molecule has 16 heavy (non-hydrogen) atoms. The average molecular weight is 287 g/mol. The van der Waals surface area contributed by atoms with Crippen molar-refractivity contribution in [3.63, 3.8) is 0 Å². The Labute approximate surface area is 103 Å². The Morgan fingerprint density at radius 1 is 1.56 bits per heavy atom. The molecule has 1 heterocycles. The zero-order valence-corrected chi connectivity index (χ0v) is 10.5. The molecule has 1 fully saturated rings. The second-order valence-corrected chi connectivity index (χ2v) is 4.74. The van der Waals surface area contributed by atoms with E-state index in [4.69, 9.17) is 15.6 Å². The van der Waals surface area contributed by atoms with Crippen LogP contribution in [0.5, 0.6) is 0 Å². The highest BCUT2D eigenvalue weighted by molar-refractivity contribution is 9.10. The number of ether oxygens (including phenoxy) is 1. The first-order valence-corrected chi connectivity index (χ1v) is 6.02. The second kappa shape index (κ2) is 5.03. The predicted molar refractivity (Wildman–Crippen MR) is 67.6 cm³/mol. The van der Waals surface area contributed by atoms with Crippen LogP contribution in [0.3, 0.4) is 0 Å². The summed E-state index contributed by atoms with van der Waals surface area (Å²) in [7, 11) is 0. The van der Waals surface area contributed by atoms with E-state index in [0.29, 0.717) is 13.2 Å². The summed E-state index contributed by atoms with van der Waals surface area (Å²) in [6.45, 7) is 2.17. The Hall–Kier alpha value is -0.780. The molecule has 1 unspecified atom stereocenters. The SMILES string of the molecule is Nc1cc(Br)ccc1N1CCOC(CO)C1. The van der Waals surface area contributed by atoms with Crippen LogP contribution in [0.2, 0.25) is 0 Å². The standard InChI is InChI=1S/C11H15BrN2O2/c12-8-1-2-11(10(13)5-8)14-3-4-16-9(6-14)7-15/h1-2,5,9,15H,3-4,6-7,13H2. The van der Waals surface area contributed by atoms with Crippen LogP contribution in [-0.4, -0.2) is 37.5 Å². The first-order valence-electron chi connectivity index (χ1n) is 5.23. The maximum atomic E-state index is 9.08. The van der Waals surface area contributed by atoms with Gasteiger partial charge in [0.05, 0.1) is 30.7 Å². The number of hydrogen-bond acceptors (Lipinski definition) is 4. The molecular formula is C11H15BrN2O2. The highest BCUT2D eigenvalue weighted by atomic mass is 79.9. The quantitative estimate of drug-likeness (QED) is 0.803. The van der Waals surface area contributed by atoms with Crippen molar-refractivity contribution in [1.29, 1.82) is 0 Å². The summed E-state index contributed by atoms with van der Waals surface area (Å²) < 4.78 is 6.37. The molecule has 1 aliphatic heterocycles. The molecule has 4 nitrogen and oxygen atoms in total. The number of morpholine rings is 1. The van der Waals surface area contributed by atoms with E-state index >= 15 is 0 Å². The Morgan fingerprint density at radius 3 is 3.06 bits per heavy atom. The van der Waals surface area contributed by atoms with Crippen molar-refractivity contribution in [2.45, 2.75) is 6.10 Å². The summed E-state index contributed by atoms with van der Waals surface area (Å²) in [6, 6.07) is 5.84. The number of nitrogens with two attached hydrogens (primary N) is 1. The highest BCUT2D eigenvalue weighted by Crippen LogP contribution is 2.27. The van der Waals surface area contributed by atoms with Gasteiger partial charge in [0.25, 0.3) is 0 Å². The van der Waals surface area contributed by atoms with Crippen LogP contribution >= 0.6 is 15.9 Å². The van der Waals surface area contributed by atoms with Crippen LogP contribution in [0.15, 0.2) is 22.7 Å². The van der Waals surface area contributed by atoms with Gasteiger partial charge in [0.2, 0.25) is 0 Å². The number of aliphatic hydroxyl groups is 1. The fraction of sp³-hybridized carbons (Fsp3) is 0.455. The molecule has 5 heteroatoms. The maximum absolute atomic E-state index is 9.08. The molecule has 1 saturated heterocycles. The molecule has 1 aliphatic rings. The number of rotatable bonds is 2. The molecule has 0 spiro atoms. The van der Waals surface area contributed by atoms with Gasteiger partial charge in [-0.05, 0) is 18.2 Å². The topological polar surface area (TPSA) is 58.7 Å². The van der Waals surface area contributed by atoms with E-state index in [2.05, 4.69) is 20.8 Å². The molecule has 0 aliphatic carbocycles. The van der Waals surface area contributed by atoms with Gasteiger partial charge in [-0.1, -0.05) is 15.9 Å². The third-order valence-electron chi connectivity index (χ3n) is 2.67. The van der Waals surface area contributed by atoms with E-state index in [0.717, 1.165) is 22.4 Å². The van der Waals surface area contributed by atoms with Crippen LogP contribution in [0.1, 0.15) is 0 Å². The number of halogens is 1. The largest absolute Gasteiger partial charge is 0.397 e. The summed E-state index contributed by atoms with van der Waals surface area (Å²) in [6.07, 6.45) is -0.114. The number of hydrogen-bond donors (Lipinski definition) is 2. The Morgan fingerprint density at radius 2 is 2.38 bits per heavy atom. The Bertz CT molecular complexity index is 373. The summed E-state index contributed by atoms with van der Waals surface area (Å²) in [5, 5.41) is 9.08. The van der Waals surface area contributed by atoms with E-state index in [1.807, 2.05) is 18.2 Å². The Balaban J connectivity index is 2.16. The van der Waals surface area contributed by atoms with Gasteiger partial charge in [0, 0.05) is 17.6 Å². The molecule has 0 amide bonds. The Kier molecular flexibility index (Phi) is 3.68. The first-order chi connectivity index (χ1) is 7.70. The number of anilines is 2. The molecule has 1 aromatic rings. The lowest BCUT2D eigenvalue weighted by Crippen LogP contribution is -2.44. The minimum absolute atomic E-state index is 0.0485. The molecule has 0 radical (unpaired) electrons. The van der Waals surface area contributed by atoms with Crippen molar-refractivity contribution >= 4 is 27.3 Å². The predicted octanol–water partition coefficient (Wildman–Crippen LogP) is 1.23. The van der Waals surface area contributed by atoms with Crippen LogP contribution < -0.4 is 10.6 Å². The van der Waals surface area contributed by atoms with Crippen molar-refractivity contribution in [3.05, 3.63) is 22.7 Å². The number of nitrogen functional groups attached to an aromatic ring is 1. The fourth-order valence-corrected chi connectivity index (χ4v) is 2.24. The minimum atomic E-state index is -0.114. The molecule has 2 rings (SSSR count). The van der Waals surface area contributed by atoms with Gasteiger partial charge in [0.1, 0.15) is 0 Å². The van der Waals surface area contributed by atoms with Gasteiger partial charge in [-0.15, -0.1) is 0 Å². The van der Waals surface area contributed by atoms with Crippen molar-refractivity contribution < 1.29 is 9.84 Å². The van der Waals surface area contributed by atoms with Gasteiger partial charge < -0.3 is 20.5 Å². The number of nitrogens with zero attached hydrogens (tertiary/aromatic N) is 1. The highest BCUT2D eigenvalue weighted by Gasteiger charge is 2.21. The first kappa shape index (κ1) is 11.7. The lowest BCUT2D eigenvalue weighted by atomic mass is 10.2. The monoisotopic (exact) mass is 286 g/mol. The average Bonchev–Trinajstić information content (AvgIpc) is 2.29. The van der Waals surface area contributed by atoms with Crippen molar-refractivity contribution in [2.24, 2.45) is 0 Å². The van der Waals surface area contributed by atoms with Crippen molar-refractivity contribution in [1.82, 2.24) is 0 Å². The lowest BCUT2D eigenvalue weighted by molar-refractivity contribution is 0.00360. The molecule has 1 atom stereocenters. The van der Waals surface area contributed by atoms with Gasteiger partial charge in [0.15, 0.2) is 0 Å². The van der Waals surface area contributed by atoms with Crippen LogP contribution in [0, 0.1) is 0 Å². The molecule has 3 N–H and O–H groups in total. The second-order valence-electron chi connectivity index (χ2n) is 3.82. The zero-order chi connectivity index (χ0) is 11.5. The van der Waals surface area contributed by atoms with Gasteiger partial charge in [-0.3, -0.25) is 0 Å². The van der Waals surface area contributed by atoms with Crippen LogP contribution in [0.25, 0.3) is 0 Å². The fourth-order valence-electron chi connectivity index (χ4n) is 1.86. The van der Waals surface area contributed by atoms with Gasteiger partial charge in [-0.2, -0.15) is 0 Å². The summed E-state index contributed by atoms with van der Waals surface area (Å²) in [4.78, 5) is 2.14. The molecule has 88 valence electrons. The normalized spacial score (nSPS) is 21.1.